The summed E-state index contributed by atoms with van der Waals surface area (Å²) in [4.78, 5) is 4.80. The number of piperazine rings is 1. The average molecular weight is 304 g/mol. The third-order valence-electron chi connectivity index (χ3n) is 4.25. The molecule has 0 unspecified atom stereocenters. The van der Waals surface area contributed by atoms with Gasteiger partial charge < -0.3 is 15.1 Å². The number of nitrogens with one attached hydrogen (secondary N) is 1. The number of halogens is 1. The lowest BCUT2D eigenvalue weighted by Gasteiger charge is -2.35. The van der Waals surface area contributed by atoms with Crippen molar-refractivity contribution in [2.45, 2.75) is 25.8 Å². The van der Waals surface area contributed by atoms with Gasteiger partial charge in [-0.2, -0.15) is 5.26 Å². The minimum Gasteiger partial charge on any atom is -0.379 e. The number of hydrogen-bond donors (Lipinski definition) is 1. The van der Waals surface area contributed by atoms with E-state index in [4.69, 9.17) is 5.26 Å². The Morgan fingerprint density at radius 1 is 1.27 bits per heavy atom. The summed E-state index contributed by atoms with van der Waals surface area (Å²) in [7, 11) is 2.15. The summed E-state index contributed by atoms with van der Waals surface area (Å²) < 4.78 is 13.7. The van der Waals surface area contributed by atoms with E-state index in [9.17, 15) is 4.39 Å². The summed E-state index contributed by atoms with van der Waals surface area (Å²) in [6, 6.07) is 6.66. The maximum Gasteiger partial charge on any atom is 0.143 e. The Kier molecular flexibility index (Phi) is 5.38. The number of anilines is 1. The smallest absolute Gasteiger partial charge is 0.143 e. The average Bonchev–Trinajstić information content (AvgIpc) is 2.47. The molecule has 22 heavy (non-hydrogen) atoms. The molecular formula is C17H25FN4. The Morgan fingerprint density at radius 3 is 2.59 bits per heavy atom. The van der Waals surface area contributed by atoms with Crippen molar-refractivity contribution in [3.05, 3.63) is 29.6 Å². The van der Waals surface area contributed by atoms with Gasteiger partial charge in [-0.25, -0.2) is 4.39 Å². The van der Waals surface area contributed by atoms with Crippen LogP contribution >= 0.6 is 0 Å². The van der Waals surface area contributed by atoms with E-state index in [1.807, 2.05) is 6.07 Å². The number of nitrogens with zero attached hydrogens (tertiary/aromatic N) is 3. The van der Waals surface area contributed by atoms with Gasteiger partial charge in [0.1, 0.15) is 17.4 Å². The van der Waals surface area contributed by atoms with Crippen molar-refractivity contribution in [2.24, 2.45) is 0 Å². The highest BCUT2D eigenvalue weighted by molar-refractivity contribution is 5.59. The molecular weight excluding hydrogens is 279 g/mol. The summed E-state index contributed by atoms with van der Waals surface area (Å²) >= 11 is 0. The molecule has 0 saturated carbocycles. The highest BCUT2D eigenvalue weighted by Crippen LogP contribution is 2.24. The van der Waals surface area contributed by atoms with Gasteiger partial charge in [-0.05, 0) is 39.4 Å². The molecule has 1 fully saturated rings. The van der Waals surface area contributed by atoms with Gasteiger partial charge in [0.05, 0.1) is 5.69 Å². The third-order valence-corrected chi connectivity index (χ3v) is 4.25. The first-order valence-electron chi connectivity index (χ1n) is 7.79. The number of benzene rings is 1. The number of likely N-dealkylation sites (N-methyl/N-ethyl adjacent to an activating group) is 1. The fourth-order valence-electron chi connectivity index (χ4n) is 2.68. The van der Waals surface area contributed by atoms with Crippen molar-refractivity contribution in [3.63, 3.8) is 0 Å². The first-order chi connectivity index (χ1) is 10.4. The Bertz CT molecular complexity index is 542. The molecule has 1 N–H and O–H groups in total. The Hall–Kier alpha value is -1.64. The minimum atomic E-state index is -0.470. The largest absolute Gasteiger partial charge is 0.379 e. The molecule has 0 amide bonds. The van der Waals surface area contributed by atoms with E-state index in [1.54, 1.807) is 12.1 Å². The molecule has 1 heterocycles. The van der Waals surface area contributed by atoms with Crippen molar-refractivity contribution in [1.82, 2.24) is 9.80 Å². The summed E-state index contributed by atoms with van der Waals surface area (Å²) in [6.07, 6.45) is 0.943. The summed E-state index contributed by atoms with van der Waals surface area (Å²) in [6.45, 7) is 9.59. The first-order valence-corrected chi connectivity index (χ1v) is 7.79. The number of nitriles is 1. The van der Waals surface area contributed by atoms with Crippen LogP contribution in [0.15, 0.2) is 18.2 Å². The fraction of sp³-hybridized carbons (Fsp3) is 0.588. The molecule has 1 aromatic carbocycles. The Morgan fingerprint density at radius 2 is 1.95 bits per heavy atom. The fourth-order valence-corrected chi connectivity index (χ4v) is 2.68. The SMILES string of the molecule is CN1CCN(CCC(C)(C)Nc2cccc(F)c2C#N)CC1. The van der Waals surface area contributed by atoms with Crippen LogP contribution in [0.25, 0.3) is 0 Å². The lowest BCUT2D eigenvalue weighted by Crippen LogP contribution is -2.46. The number of hydrogen-bond acceptors (Lipinski definition) is 4. The van der Waals surface area contributed by atoms with Gasteiger partial charge in [0.15, 0.2) is 0 Å². The van der Waals surface area contributed by atoms with Crippen LogP contribution in [-0.2, 0) is 0 Å². The zero-order valence-electron chi connectivity index (χ0n) is 13.7. The number of rotatable bonds is 5. The molecule has 1 aliphatic rings. The summed E-state index contributed by atoms with van der Waals surface area (Å²) in [5.41, 5.74) is 0.476. The van der Waals surface area contributed by atoms with E-state index < -0.39 is 5.82 Å². The van der Waals surface area contributed by atoms with Crippen molar-refractivity contribution >= 4 is 5.69 Å². The van der Waals surface area contributed by atoms with Crippen LogP contribution in [0, 0.1) is 17.1 Å². The topological polar surface area (TPSA) is 42.3 Å². The second kappa shape index (κ2) is 7.08. The third kappa shape index (κ3) is 4.43. The van der Waals surface area contributed by atoms with E-state index in [-0.39, 0.29) is 11.1 Å². The maximum atomic E-state index is 13.7. The van der Waals surface area contributed by atoms with Crippen LogP contribution in [0.5, 0.6) is 0 Å². The quantitative estimate of drug-likeness (QED) is 0.908. The predicted molar refractivity (Wildman–Crippen MR) is 87.4 cm³/mol. The van der Waals surface area contributed by atoms with Crippen LogP contribution in [0.3, 0.4) is 0 Å². The highest BCUT2D eigenvalue weighted by atomic mass is 19.1. The second-order valence-corrected chi connectivity index (χ2v) is 6.68. The molecule has 120 valence electrons. The monoisotopic (exact) mass is 304 g/mol. The van der Waals surface area contributed by atoms with Crippen LogP contribution in [0.1, 0.15) is 25.8 Å². The van der Waals surface area contributed by atoms with Crippen LogP contribution in [0.4, 0.5) is 10.1 Å². The normalized spacial score (nSPS) is 17.2. The Balaban J connectivity index is 1.94. The molecule has 1 aromatic rings. The van der Waals surface area contributed by atoms with Gasteiger partial charge in [0.25, 0.3) is 0 Å². The van der Waals surface area contributed by atoms with Crippen molar-refractivity contribution in [1.29, 1.82) is 5.26 Å². The molecule has 4 nitrogen and oxygen atoms in total. The van der Waals surface area contributed by atoms with Gasteiger partial charge in [-0.15, -0.1) is 0 Å². The summed E-state index contributed by atoms with van der Waals surface area (Å²) in [5.74, 6) is -0.470. The van der Waals surface area contributed by atoms with Gasteiger partial charge in [-0.1, -0.05) is 6.07 Å². The van der Waals surface area contributed by atoms with Gasteiger partial charge >= 0.3 is 0 Å². The molecule has 0 aromatic heterocycles. The first kappa shape index (κ1) is 16.7. The molecule has 0 atom stereocenters. The molecule has 1 saturated heterocycles. The molecule has 5 heteroatoms. The lowest BCUT2D eigenvalue weighted by molar-refractivity contribution is 0.147. The van der Waals surface area contributed by atoms with Crippen LogP contribution in [0.2, 0.25) is 0 Å². The van der Waals surface area contributed by atoms with E-state index in [0.717, 1.165) is 39.1 Å². The maximum absolute atomic E-state index is 13.7. The van der Waals surface area contributed by atoms with Crippen molar-refractivity contribution in [3.8, 4) is 6.07 Å². The van der Waals surface area contributed by atoms with Crippen LogP contribution in [-0.4, -0.2) is 55.1 Å². The van der Waals surface area contributed by atoms with E-state index in [0.29, 0.717) is 5.69 Å². The van der Waals surface area contributed by atoms with Gasteiger partial charge in [0.2, 0.25) is 0 Å². The molecule has 0 radical (unpaired) electrons. The molecule has 1 aliphatic heterocycles. The zero-order valence-corrected chi connectivity index (χ0v) is 13.7. The molecule has 0 spiro atoms. The minimum absolute atomic E-state index is 0.0928. The predicted octanol–water partition coefficient (Wildman–Crippen LogP) is 2.53. The molecule has 0 aliphatic carbocycles. The van der Waals surface area contributed by atoms with Crippen LogP contribution < -0.4 is 5.32 Å². The molecule has 0 bridgehead atoms. The lowest BCUT2D eigenvalue weighted by atomic mass is 9.98. The summed E-state index contributed by atoms with van der Waals surface area (Å²) in [5, 5.41) is 12.4. The van der Waals surface area contributed by atoms with E-state index in [2.05, 4.69) is 36.0 Å². The van der Waals surface area contributed by atoms with Crippen molar-refractivity contribution < 1.29 is 4.39 Å². The highest BCUT2D eigenvalue weighted by Gasteiger charge is 2.22. The second-order valence-electron chi connectivity index (χ2n) is 6.68. The molecule has 2 rings (SSSR count). The van der Waals surface area contributed by atoms with Gasteiger partial charge in [0, 0.05) is 38.3 Å². The van der Waals surface area contributed by atoms with E-state index in [1.165, 1.54) is 6.07 Å². The van der Waals surface area contributed by atoms with E-state index >= 15 is 0 Å². The standard InChI is InChI=1S/C17H25FN4/c1-17(2,7-8-22-11-9-21(3)10-12-22)20-16-6-4-5-15(18)14(16)13-19/h4-6,20H,7-12H2,1-3H3. The Labute approximate surface area is 132 Å². The van der Waals surface area contributed by atoms with Crippen molar-refractivity contribution in [2.75, 3.05) is 45.1 Å². The zero-order chi connectivity index (χ0) is 16.2. The van der Waals surface area contributed by atoms with Gasteiger partial charge in [-0.3, -0.25) is 0 Å².